The lowest BCUT2D eigenvalue weighted by Crippen LogP contribution is -2.23. The lowest BCUT2D eigenvalue weighted by Gasteiger charge is -2.17. The third kappa shape index (κ3) is 5.09. The average molecular weight is 259 g/mol. The minimum Gasteiger partial charge on any atom is -0.320 e. The van der Waals surface area contributed by atoms with Crippen molar-refractivity contribution in [1.29, 1.82) is 5.26 Å². The molecular formula is C15H18FN3. The van der Waals surface area contributed by atoms with Gasteiger partial charge in [0.05, 0.1) is 24.1 Å². The summed E-state index contributed by atoms with van der Waals surface area (Å²) in [5.41, 5.74) is 6.61. The van der Waals surface area contributed by atoms with Crippen molar-refractivity contribution in [3.8, 4) is 17.9 Å². The normalized spacial score (nSPS) is 11.6. The first-order valence-corrected chi connectivity index (χ1v) is 6.12. The predicted octanol–water partition coefficient (Wildman–Crippen LogP) is 1.73. The Morgan fingerprint density at radius 2 is 2.21 bits per heavy atom. The molecule has 2 N–H and O–H groups in total. The molecule has 0 amide bonds. The third-order valence-corrected chi connectivity index (χ3v) is 2.61. The number of nitrogens with zero attached hydrogens (tertiary/aromatic N) is 2. The smallest absolute Gasteiger partial charge is 0.138 e. The molecule has 4 heteroatoms. The molecule has 0 aliphatic heterocycles. The van der Waals surface area contributed by atoms with Gasteiger partial charge in [0.15, 0.2) is 0 Å². The van der Waals surface area contributed by atoms with E-state index in [2.05, 4.69) is 17.9 Å². The van der Waals surface area contributed by atoms with E-state index in [-0.39, 0.29) is 18.3 Å². The Balaban J connectivity index is 2.77. The van der Waals surface area contributed by atoms with Crippen LogP contribution in [0.15, 0.2) is 18.2 Å². The summed E-state index contributed by atoms with van der Waals surface area (Å²) >= 11 is 0. The van der Waals surface area contributed by atoms with Crippen LogP contribution in [-0.4, -0.2) is 25.0 Å². The third-order valence-electron chi connectivity index (χ3n) is 2.61. The van der Waals surface area contributed by atoms with Crippen LogP contribution in [0.1, 0.15) is 18.1 Å². The zero-order valence-electron chi connectivity index (χ0n) is 11.3. The molecule has 0 bridgehead atoms. The highest BCUT2D eigenvalue weighted by atomic mass is 19.1. The van der Waals surface area contributed by atoms with E-state index in [1.807, 2.05) is 18.9 Å². The molecule has 0 fully saturated rings. The van der Waals surface area contributed by atoms with Gasteiger partial charge in [0.1, 0.15) is 5.82 Å². The number of benzene rings is 1. The second-order valence-electron chi connectivity index (χ2n) is 4.55. The van der Waals surface area contributed by atoms with Crippen LogP contribution in [0.4, 0.5) is 4.39 Å². The fourth-order valence-electron chi connectivity index (χ4n) is 1.80. The summed E-state index contributed by atoms with van der Waals surface area (Å²) in [4.78, 5) is 2.03. The van der Waals surface area contributed by atoms with Gasteiger partial charge in [-0.05, 0) is 31.7 Å². The van der Waals surface area contributed by atoms with Gasteiger partial charge in [-0.25, -0.2) is 4.39 Å². The van der Waals surface area contributed by atoms with Crippen LogP contribution < -0.4 is 5.73 Å². The highest BCUT2D eigenvalue weighted by Gasteiger charge is 2.07. The lowest BCUT2D eigenvalue weighted by atomic mass is 10.1. The summed E-state index contributed by atoms with van der Waals surface area (Å²) in [5.74, 6) is 5.00. The maximum Gasteiger partial charge on any atom is 0.138 e. The summed E-state index contributed by atoms with van der Waals surface area (Å²) in [7, 11) is 1.93. The lowest BCUT2D eigenvalue weighted by molar-refractivity contribution is 0.303. The Labute approximate surface area is 113 Å². The van der Waals surface area contributed by atoms with Gasteiger partial charge in [0.25, 0.3) is 0 Å². The van der Waals surface area contributed by atoms with E-state index < -0.39 is 0 Å². The second-order valence-corrected chi connectivity index (χ2v) is 4.55. The van der Waals surface area contributed by atoms with Crippen LogP contribution in [0.5, 0.6) is 0 Å². The molecule has 1 rings (SSSR count). The van der Waals surface area contributed by atoms with Gasteiger partial charge < -0.3 is 10.6 Å². The first-order valence-electron chi connectivity index (χ1n) is 6.12. The number of rotatable bonds is 4. The maximum atomic E-state index is 13.5. The van der Waals surface area contributed by atoms with E-state index in [9.17, 15) is 4.39 Å². The molecule has 0 aliphatic rings. The average Bonchev–Trinajstić information content (AvgIpc) is 2.39. The molecule has 0 radical (unpaired) electrons. The highest BCUT2D eigenvalue weighted by molar-refractivity contribution is 5.38. The molecule has 0 aliphatic carbocycles. The quantitative estimate of drug-likeness (QED) is 0.838. The Kier molecular flexibility index (Phi) is 6.02. The Morgan fingerprint density at radius 1 is 1.47 bits per heavy atom. The zero-order valence-corrected chi connectivity index (χ0v) is 11.3. The van der Waals surface area contributed by atoms with E-state index in [1.54, 1.807) is 12.1 Å². The predicted molar refractivity (Wildman–Crippen MR) is 73.4 cm³/mol. The van der Waals surface area contributed by atoms with E-state index in [0.29, 0.717) is 18.7 Å². The summed E-state index contributed by atoms with van der Waals surface area (Å²) in [6.07, 6.45) is 0. The Hall–Kier alpha value is -1.88. The van der Waals surface area contributed by atoms with Gasteiger partial charge in [-0.15, -0.1) is 0 Å². The van der Waals surface area contributed by atoms with Gasteiger partial charge >= 0.3 is 0 Å². The minimum atomic E-state index is -0.335. The van der Waals surface area contributed by atoms with Crippen LogP contribution in [0, 0.1) is 34.9 Å². The van der Waals surface area contributed by atoms with Gasteiger partial charge in [-0.2, -0.15) is 5.26 Å². The second kappa shape index (κ2) is 7.53. The summed E-state index contributed by atoms with van der Waals surface area (Å²) in [6, 6.07) is 7.07. The van der Waals surface area contributed by atoms with Crippen LogP contribution >= 0.6 is 0 Å². The topological polar surface area (TPSA) is 53.0 Å². The van der Waals surface area contributed by atoms with Crippen molar-refractivity contribution in [1.82, 2.24) is 4.90 Å². The zero-order chi connectivity index (χ0) is 14.3. The fourth-order valence-corrected chi connectivity index (χ4v) is 1.80. The van der Waals surface area contributed by atoms with Crippen LogP contribution in [0.25, 0.3) is 0 Å². The van der Waals surface area contributed by atoms with Crippen LogP contribution in [0.2, 0.25) is 0 Å². The number of nitrogens with two attached hydrogens (primary N) is 1. The first kappa shape index (κ1) is 15.2. The van der Waals surface area contributed by atoms with Crippen molar-refractivity contribution in [2.45, 2.75) is 13.5 Å². The molecule has 1 unspecified atom stereocenters. The number of halogens is 1. The van der Waals surface area contributed by atoms with Crippen molar-refractivity contribution >= 4 is 0 Å². The van der Waals surface area contributed by atoms with E-state index in [1.165, 1.54) is 6.07 Å². The molecule has 1 atom stereocenters. The largest absolute Gasteiger partial charge is 0.320 e. The molecule has 0 heterocycles. The van der Waals surface area contributed by atoms with Gasteiger partial charge in [0.2, 0.25) is 0 Å². The van der Waals surface area contributed by atoms with Gasteiger partial charge in [-0.1, -0.05) is 17.9 Å². The van der Waals surface area contributed by atoms with Gasteiger partial charge in [-0.3, -0.25) is 0 Å². The Bertz CT molecular complexity index is 522. The highest BCUT2D eigenvalue weighted by Crippen LogP contribution is 2.12. The maximum absolute atomic E-state index is 13.5. The standard InChI is InChI=1S/C15H18FN3/c1-12(9-18)10-19(2)11-13-5-6-15(16)14(8-13)4-3-7-17/h5-6,8,12H,7,10-11,17H2,1-2H3. The van der Waals surface area contributed by atoms with E-state index in [0.717, 1.165) is 5.56 Å². The molecule has 1 aromatic carbocycles. The SMILES string of the molecule is CC(C#N)CN(C)Cc1ccc(F)c(C#CCN)c1. The molecule has 1 aromatic rings. The molecule has 0 saturated carbocycles. The Morgan fingerprint density at radius 3 is 2.84 bits per heavy atom. The molecule has 0 saturated heterocycles. The molecule has 0 spiro atoms. The number of hydrogen-bond donors (Lipinski definition) is 1. The first-order chi connectivity index (χ1) is 9.06. The summed E-state index contributed by atoms with van der Waals surface area (Å²) in [6.45, 7) is 3.42. The summed E-state index contributed by atoms with van der Waals surface area (Å²) < 4.78 is 13.5. The van der Waals surface area contributed by atoms with Crippen molar-refractivity contribution in [2.75, 3.05) is 20.1 Å². The molecule has 3 nitrogen and oxygen atoms in total. The fraction of sp³-hybridized carbons (Fsp3) is 0.400. The number of nitriles is 1. The van der Waals surface area contributed by atoms with E-state index >= 15 is 0 Å². The summed E-state index contributed by atoms with van der Waals surface area (Å²) in [5, 5.41) is 8.77. The van der Waals surface area contributed by atoms with E-state index in [4.69, 9.17) is 11.0 Å². The van der Waals surface area contributed by atoms with Crippen LogP contribution in [-0.2, 0) is 6.54 Å². The van der Waals surface area contributed by atoms with Crippen molar-refractivity contribution in [3.05, 3.63) is 35.1 Å². The van der Waals surface area contributed by atoms with Crippen LogP contribution in [0.3, 0.4) is 0 Å². The van der Waals surface area contributed by atoms with Crippen molar-refractivity contribution in [3.63, 3.8) is 0 Å². The monoisotopic (exact) mass is 259 g/mol. The van der Waals surface area contributed by atoms with Gasteiger partial charge in [0, 0.05) is 13.1 Å². The molecular weight excluding hydrogens is 241 g/mol. The minimum absolute atomic E-state index is 0.0260. The number of hydrogen-bond acceptors (Lipinski definition) is 3. The van der Waals surface area contributed by atoms with Crippen molar-refractivity contribution in [2.24, 2.45) is 11.7 Å². The molecule has 19 heavy (non-hydrogen) atoms. The molecule has 100 valence electrons. The van der Waals surface area contributed by atoms with Crippen molar-refractivity contribution < 1.29 is 4.39 Å². The molecule has 0 aromatic heterocycles.